The number of allylic oxidation sites excluding steroid dienone is 4. The number of hydrogen-bond donors (Lipinski definition) is 0. The highest BCUT2D eigenvalue weighted by Gasteiger charge is 2.32. The zero-order chi connectivity index (χ0) is 17.2. The first kappa shape index (κ1) is 17.9. The van der Waals surface area contributed by atoms with Crippen molar-refractivity contribution in [3.8, 4) is 0 Å². The van der Waals surface area contributed by atoms with Crippen molar-refractivity contribution in [3.05, 3.63) is 52.5 Å². The van der Waals surface area contributed by atoms with Gasteiger partial charge in [0.05, 0.1) is 4.90 Å². The molecule has 0 spiro atoms. The van der Waals surface area contributed by atoms with Crippen LogP contribution < -0.4 is 0 Å². The molecule has 0 N–H and O–H groups in total. The van der Waals surface area contributed by atoms with Crippen LogP contribution in [0.15, 0.2) is 51.9 Å². The number of hydrogen-bond acceptors (Lipinski definition) is 2. The summed E-state index contributed by atoms with van der Waals surface area (Å²) in [4.78, 5) is 0.414. The van der Waals surface area contributed by atoms with E-state index in [2.05, 4.69) is 41.1 Å². The highest BCUT2D eigenvalue weighted by molar-refractivity contribution is 9.11. The lowest BCUT2D eigenvalue weighted by atomic mass is 9.83. The van der Waals surface area contributed by atoms with Crippen LogP contribution >= 0.6 is 15.9 Å². The van der Waals surface area contributed by atoms with E-state index in [1.807, 2.05) is 12.1 Å². The van der Waals surface area contributed by atoms with Gasteiger partial charge in [0.25, 0.3) is 0 Å². The van der Waals surface area contributed by atoms with Crippen molar-refractivity contribution in [3.63, 3.8) is 0 Å². The van der Waals surface area contributed by atoms with Crippen LogP contribution in [0.1, 0.15) is 31.7 Å². The molecule has 2 aliphatic rings. The van der Waals surface area contributed by atoms with Crippen LogP contribution in [0, 0.1) is 11.8 Å². The summed E-state index contributed by atoms with van der Waals surface area (Å²) < 4.78 is 28.5. The molecule has 0 radical (unpaired) electrons. The molecule has 5 heteroatoms. The summed E-state index contributed by atoms with van der Waals surface area (Å²) in [5, 5.41) is 0. The fourth-order valence-corrected chi connectivity index (χ4v) is 5.72. The van der Waals surface area contributed by atoms with Gasteiger partial charge in [-0.15, -0.1) is 0 Å². The van der Waals surface area contributed by atoms with E-state index in [1.165, 1.54) is 4.48 Å². The average molecular weight is 410 g/mol. The maximum Gasteiger partial charge on any atom is 0.243 e. The standard InChI is InChI=1S/C19H24BrNO2S/c1-2-15-7-9-17(10-8-15)24(22,23)21-13-11-16(12-14-21)18-5-3-4-6-19(18)20/h3,5-10,16,18H,2,4,11-14H2,1H3. The van der Waals surface area contributed by atoms with Gasteiger partial charge < -0.3 is 0 Å². The van der Waals surface area contributed by atoms with Gasteiger partial charge >= 0.3 is 0 Å². The largest absolute Gasteiger partial charge is 0.243 e. The summed E-state index contributed by atoms with van der Waals surface area (Å²) in [6, 6.07) is 7.30. The van der Waals surface area contributed by atoms with Crippen molar-refractivity contribution < 1.29 is 8.42 Å². The van der Waals surface area contributed by atoms with Gasteiger partial charge in [0.2, 0.25) is 10.0 Å². The smallest absolute Gasteiger partial charge is 0.207 e. The second-order valence-electron chi connectivity index (χ2n) is 6.52. The fourth-order valence-electron chi connectivity index (χ4n) is 3.54. The van der Waals surface area contributed by atoms with Gasteiger partial charge in [-0.3, -0.25) is 0 Å². The Morgan fingerprint density at radius 3 is 2.42 bits per heavy atom. The Hall–Kier alpha value is -0.910. The van der Waals surface area contributed by atoms with Crippen LogP contribution in [0.2, 0.25) is 0 Å². The molecule has 1 heterocycles. The van der Waals surface area contributed by atoms with Crippen LogP contribution in [0.4, 0.5) is 0 Å². The molecule has 0 saturated carbocycles. The molecular weight excluding hydrogens is 386 g/mol. The van der Waals surface area contributed by atoms with Crippen molar-refractivity contribution in [2.45, 2.75) is 37.5 Å². The third-order valence-corrected chi connectivity index (χ3v) is 7.85. The monoisotopic (exact) mass is 409 g/mol. The topological polar surface area (TPSA) is 37.4 Å². The highest BCUT2D eigenvalue weighted by Crippen LogP contribution is 2.37. The lowest BCUT2D eigenvalue weighted by Gasteiger charge is -2.35. The Kier molecular flexibility index (Phi) is 5.63. The molecular formula is C19H24BrNO2S. The van der Waals surface area contributed by atoms with Crippen molar-refractivity contribution in [1.29, 1.82) is 0 Å². The highest BCUT2D eigenvalue weighted by atomic mass is 79.9. The molecule has 1 saturated heterocycles. The molecule has 24 heavy (non-hydrogen) atoms. The molecule has 1 aromatic carbocycles. The number of piperidine rings is 1. The molecule has 1 fully saturated rings. The van der Waals surface area contributed by atoms with Crippen LogP contribution in [-0.4, -0.2) is 25.8 Å². The zero-order valence-corrected chi connectivity index (χ0v) is 16.4. The summed E-state index contributed by atoms with van der Waals surface area (Å²) in [6.07, 6.45) is 10.4. The van der Waals surface area contributed by atoms with Crippen LogP contribution in [-0.2, 0) is 16.4 Å². The first-order chi connectivity index (χ1) is 11.5. The van der Waals surface area contributed by atoms with Crippen LogP contribution in [0.25, 0.3) is 0 Å². The van der Waals surface area contributed by atoms with Crippen LogP contribution in [0.3, 0.4) is 0 Å². The summed E-state index contributed by atoms with van der Waals surface area (Å²) >= 11 is 3.67. The lowest BCUT2D eigenvalue weighted by molar-refractivity contribution is 0.248. The average Bonchev–Trinajstić information content (AvgIpc) is 2.62. The maximum absolute atomic E-state index is 12.8. The first-order valence-electron chi connectivity index (χ1n) is 8.63. The number of benzene rings is 1. The normalized spacial score (nSPS) is 23.2. The SMILES string of the molecule is CCc1ccc(S(=O)(=O)N2CCC(C3C=CCC=C3Br)CC2)cc1. The zero-order valence-electron chi connectivity index (χ0n) is 14.0. The van der Waals surface area contributed by atoms with E-state index in [-0.39, 0.29) is 0 Å². The molecule has 1 aromatic rings. The summed E-state index contributed by atoms with van der Waals surface area (Å²) in [5.41, 5.74) is 1.16. The van der Waals surface area contributed by atoms with Gasteiger partial charge in [-0.05, 0) is 53.8 Å². The fraction of sp³-hybridized carbons (Fsp3) is 0.474. The molecule has 130 valence electrons. The third-order valence-electron chi connectivity index (χ3n) is 5.09. The van der Waals surface area contributed by atoms with E-state index < -0.39 is 10.0 Å². The molecule has 3 nitrogen and oxygen atoms in total. The molecule has 0 amide bonds. The Balaban J connectivity index is 1.68. The first-order valence-corrected chi connectivity index (χ1v) is 10.9. The Morgan fingerprint density at radius 2 is 1.83 bits per heavy atom. The Morgan fingerprint density at radius 1 is 1.17 bits per heavy atom. The van der Waals surface area contributed by atoms with Crippen LogP contribution in [0.5, 0.6) is 0 Å². The summed E-state index contributed by atoms with van der Waals surface area (Å²) in [7, 11) is -3.37. The third kappa shape index (κ3) is 3.68. The molecule has 1 aliphatic carbocycles. The van der Waals surface area contributed by atoms with Gasteiger partial charge in [-0.2, -0.15) is 4.31 Å². The van der Waals surface area contributed by atoms with E-state index in [4.69, 9.17) is 0 Å². The molecule has 3 rings (SSSR count). The predicted molar refractivity (Wildman–Crippen MR) is 102 cm³/mol. The Labute approximate surface area is 153 Å². The lowest BCUT2D eigenvalue weighted by Crippen LogP contribution is -2.40. The minimum atomic E-state index is -3.37. The van der Waals surface area contributed by atoms with E-state index in [9.17, 15) is 8.42 Å². The van der Waals surface area contributed by atoms with E-state index in [1.54, 1.807) is 16.4 Å². The molecule has 0 aromatic heterocycles. The van der Waals surface area contributed by atoms with Crippen molar-refractivity contribution in [1.82, 2.24) is 4.31 Å². The van der Waals surface area contributed by atoms with Crippen molar-refractivity contribution in [2.24, 2.45) is 11.8 Å². The van der Waals surface area contributed by atoms with Crippen molar-refractivity contribution >= 4 is 26.0 Å². The van der Waals surface area contributed by atoms with Crippen molar-refractivity contribution in [2.75, 3.05) is 13.1 Å². The number of halogens is 1. The van der Waals surface area contributed by atoms with E-state index in [0.29, 0.717) is 29.8 Å². The Bertz CT molecular complexity index is 729. The van der Waals surface area contributed by atoms with Gasteiger partial charge in [-0.25, -0.2) is 8.42 Å². The van der Waals surface area contributed by atoms with Gasteiger partial charge in [0, 0.05) is 19.0 Å². The molecule has 1 aliphatic heterocycles. The van der Waals surface area contributed by atoms with Gasteiger partial charge in [0.1, 0.15) is 0 Å². The number of rotatable bonds is 4. The van der Waals surface area contributed by atoms with E-state index in [0.717, 1.165) is 31.2 Å². The molecule has 1 atom stereocenters. The number of aryl methyl sites for hydroxylation is 1. The molecule has 1 unspecified atom stereocenters. The predicted octanol–water partition coefficient (Wildman–Crippen LogP) is 4.50. The minimum absolute atomic E-state index is 0.410. The summed E-state index contributed by atoms with van der Waals surface area (Å²) in [5.74, 6) is 0.925. The molecule has 0 bridgehead atoms. The number of sulfonamides is 1. The summed E-state index contributed by atoms with van der Waals surface area (Å²) in [6.45, 7) is 3.28. The second-order valence-corrected chi connectivity index (χ2v) is 9.37. The van der Waals surface area contributed by atoms with E-state index >= 15 is 0 Å². The minimum Gasteiger partial charge on any atom is -0.207 e. The second kappa shape index (κ2) is 7.54. The van der Waals surface area contributed by atoms with Gasteiger partial charge in [0.15, 0.2) is 0 Å². The quantitative estimate of drug-likeness (QED) is 0.686. The maximum atomic E-state index is 12.8. The van der Waals surface area contributed by atoms with Gasteiger partial charge in [-0.1, -0.05) is 53.2 Å². The number of nitrogens with zero attached hydrogens (tertiary/aromatic N) is 1.